The molecule has 130 valence electrons. The number of carbonyl (C=O) groups is 2. The van der Waals surface area contributed by atoms with Gasteiger partial charge in [-0.25, -0.2) is 0 Å². The van der Waals surface area contributed by atoms with E-state index in [1.165, 1.54) is 29.3 Å². The molecule has 7 nitrogen and oxygen atoms in total. The number of thioether (sulfide) groups is 1. The number of rotatable bonds is 10. The SMILES string of the molecule is CCCCNC(=O)CCn1c(O)cc(SCC(N)C(C)=O)c1O. The zero-order valence-corrected chi connectivity index (χ0v) is 14.4. The third kappa shape index (κ3) is 6.15. The van der Waals surface area contributed by atoms with E-state index in [1.807, 2.05) is 6.92 Å². The number of nitrogens with zero attached hydrogens (tertiary/aromatic N) is 1. The Balaban J connectivity index is 2.56. The van der Waals surface area contributed by atoms with Crippen molar-refractivity contribution in [2.24, 2.45) is 5.73 Å². The van der Waals surface area contributed by atoms with Crippen LogP contribution in [0, 0.1) is 0 Å². The standard InChI is InChI=1S/C15H25N3O4S/c1-3-4-6-17-13(20)5-7-18-14(21)8-12(15(18)22)23-9-11(16)10(2)19/h8,11,21-22H,3-7,9,16H2,1-2H3,(H,17,20). The first kappa shape index (κ1) is 19.4. The van der Waals surface area contributed by atoms with Crippen LogP contribution in [0.25, 0.3) is 0 Å². The van der Waals surface area contributed by atoms with Gasteiger partial charge in [0.05, 0.1) is 10.9 Å². The molecule has 0 radical (unpaired) electrons. The lowest BCUT2D eigenvalue weighted by Gasteiger charge is -2.09. The van der Waals surface area contributed by atoms with Gasteiger partial charge in [-0.05, 0) is 13.3 Å². The molecule has 1 amide bonds. The van der Waals surface area contributed by atoms with Gasteiger partial charge < -0.3 is 21.3 Å². The summed E-state index contributed by atoms with van der Waals surface area (Å²) in [4.78, 5) is 23.2. The lowest BCUT2D eigenvalue weighted by atomic mass is 10.3. The van der Waals surface area contributed by atoms with Crippen LogP contribution in [0.3, 0.4) is 0 Å². The number of carbonyl (C=O) groups excluding carboxylic acids is 2. The number of nitrogens with one attached hydrogen (secondary N) is 1. The molecule has 0 aliphatic rings. The Morgan fingerprint density at radius 1 is 1.43 bits per heavy atom. The summed E-state index contributed by atoms with van der Waals surface area (Å²) in [7, 11) is 0. The molecule has 0 aliphatic heterocycles. The van der Waals surface area contributed by atoms with Crippen LogP contribution in [0.4, 0.5) is 0 Å². The van der Waals surface area contributed by atoms with Gasteiger partial charge in [0.15, 0.2) is 5.88 Å². The maximum absolute atomic E-state index is 11.7. The number of ketones is 1. The number of amides is 1. The summed E-state index contributed by atoms with van der Waals surface area (Å²) in [6.45, 7) is 4.25. The van der Waals surface area contributed by atoms with E-state index in [2.05, 4.69) is 5.32 Å². The van der Waals surface area contributed by atoms with Crippen LogP contribution < -0.4 is 11.1 Å². The van der Waals surface area contributed by atoms with E-state index in [9.17, 15) is 19.8 Å². The summed E-state index contributed by atoms with van der Waals surface area (Å²) in [6, 6.07) is 0.788. The van der Waals surface area contributed by atoms with Crippen LogP contribution in [0.15, 0.2) is 11.0 Å². The van der Waals surface area contributed by atoms with Crippen molar-refractivity contribution >= 4 is 23.5 Å². The average molecular weight is 343 g/mol. The first-order valence-corrected chi connectivity index (χ1v) is 8.62. The van der Waals surface area contributed by atoms with Crippen molar-refractivity contribution in [3.63, 3.8) is 0 Å². The molecule has 0 saturated heterocycles. The highest BCUT2D eigenvalue weighted by atomic mass is 32.2. The van der Waals surface area contributed by atoms with E-state index in [1.54, 1.807) is 0 Å². The summed E-state index contributed by atoms with van der Waals surface area (Å²) >= 11 is 1.19. The Hall–Kier alpha value is -1.67. The molecule has 1 aromatic heterocycles. The second-order valence-corrected chi connectivity index (χ2v) is 6.39. The van der Waals surface area contributed by atoms with Crippen molar-refractivity contribution in [1.82, 2.24) is 9.88 Å². The molecule has 8 heteroatoms. The van der Waals surface area contributed by atoms with Crippen LogP contribution >= 0.6 is 11.8 Å². The second kappa shape index (κ2) is 9.46. The number of nitrogens with two attached hydrogens (primary N) is 1. The first-order valence-electron chi connectivity index (χ1n) is 7.63. The molecule has 1 rings (SSSR count). The van der Waals surface area contributed by atoms with Crippen molar-refractivity contribution in [1.29, 1.82) is 0 Å². The molecule has 0 aliphatic carbocycles. The minimum atomic E-state index is -0.616. The van der Waals surface area contributed by atoms with Crippen LogP contribution in [0.1, 0.15) is 33.1 Å². The van der Waals surface area contributed by atoms with Gasteiger partial charge in [-0.3, -0.25) is 14.2 Å². The highest BCUT2D eigenvalue weighted by molar-refractivity contribution is 7.99. The van der Waals surface area contributed by atoms with E-state index in [-0.39, 0.29) is 36.4 Å². The molecule has 1 heterocycles. The topological polar surface area (TPSA) is 118 Å². The second-order valence-electron chi connectivity index (χ2n) is 5.32. The van der Waals surface area contributed by atoms with Crippen molar-refractivity contribution < 1.29 is 19.8 Å². The van der Waals surface area contributed by atoms with E-state index in [0.717, 1.165) is 12.8 Å². The fraction of sp³-hybridized carbons (Fsp3) is 0.600. The van der Waals surface area contributed by atoms with Gasteiger partial charge in [-0.2, -0.15) is 0 Å². The smallest absolute Gasteiger partial charge is 0.221 e. The molecule has 0 spiro atoms. The van der Waals surface area contributed by atoms with Gasteiger partial charge in [0.25, 0.3) is 0 Å². The Morgan fingerprint density at radius 3 is 2.74 bits per heavy atom. The maximum atomic E-state index is 11.7. The molecule has 5 N–H and O–H groups in total. The third-order valence-corrected chi connectivity index (χ3v) is 4.51. The number of hydrogen-bond acceptors (Lipinski definition) is 6. The van der Waals surface area contributed by atoms with Gasteiger partial charge in [0, 0.05) is 31.3 Å². The van der Waals surface area contributed by atoms with Crippen LogP contribution in [0.2, 0.25) is 0 Å². The lowest BCUT2D eigenvalue weighted by Crippen LogP contribution is -2.30. The summed E-state index contributed by atoms with van der Waals surface area (Å²) in [6.07, 6.45) is 2.09. The highest BCUT2D eigenvalue weighted by Gasteiger charge is 2.17. The maximum Gasteiger partial charge on any atom is 0.221 e. The van der Waals surface area contributed by atoms with Crippen LogP contribution in [-0.2, 0) is 16.1 Å². The zero-order valence-electron chi connectivity index (χ0n) is 13.5. The number of aromatic nitrogens is 1. The number of Topliss-reactive ketones (excluding diaryl/α,β-unsaturated/α-hetero) is 1. The molecule has 1 atom stereocenters. The number of unbranched alkanes of at least 4 members (excludes halogenated alkanes) is 1. The number of hydrogen-bond donors (Lipinski definition) is 4. The van der Waals surface area contributed by atoms with Crippen molar-refractivity contribution in [3.05, 3.63) is 6.07 Å². The normalized spacial score (nSPS) is 12.1. The molecule has 1 aromatic rings. The summed E-state index contributed by atoms with van der Waals surface area (Å²) in [5.74, 6) is -0.195. The van der Waals surface area contributed by atoms with Gasteiger partial charge in [-0.15, -0.1) is 11.8 Å². The first-order chi connectivity index (χ1) is 10.9. The predicted molar refractivity (Wildman–Crippen MR) is 89.7 cm³/mol. The van der Waals surface area contributed by atoms with E-state index in [4.69, 9.17) is 5.73 Å². The van der Waals surface area contributed by atoms with Crippen LogP contribution in [0.5, 0.6) is 11.8 Å². The molecule has 0 saturated carbocycles. The molecule has 0 bridgehead atoms. The molecule has 1 unspecified atom stereocenters. The predicted octanol–water partition coefficient (Wildman–Crippen LogP) is 1.21. The van der Waals surface area contributed by atoms with Crippen molar-refractivity contribution in [2.45, 2.75) is 50.6 Å². The van der Waals surface area contributed by atoms with E-state index < -0.39 is 6.04 Å². The van der Waals surface area contributed by atoms with E-state index >= 15 is 0 Å². The summed E-state index contributed by atoms with van der Waals surface area (Å²) < 4.78 is 1.26. The Kier molecular flexibility index (Phi) is 7.97. The zero-order chi connectivity index (χ0) is 17.4. The summed E-state index contributed by atoms with van der Waals surface area (Å²) in [5, 5.41) is 22.8. The molecular weight excluding hydrogens is 318 g/mol. The van der Waals surface area contributed by atoms with Gasteiger partial charge >= 0.3 is 0 Å². The Morgan fingerprint density at radius 2 is 2.13 bits per heavy atom. The Bertz CT molecular complexity index is 545. The van der Waals surface area contributed by atoms with Gasteiger partial charge in [0.1, 0.15) is 5.78 Å². The monoisotopic (exact) mass is 343 g/mol. The fourth-order valence-electron chi connectivity index (χ4n) is 1.83. The number of aromatic hydroxyl groups is 2. The minimum Gasteiger partial charge on any atom is -0.494 e. The largest absolute Gasteiger partial charge is 0.494 e. The van der Waals surface area contributed by atoms with Crippen molar-refractivity contribution in [2.75, 3.05) is 12.3 Å². The van der Waals surface area contributed by atoms with Gasteiger partial charge in [-0.1, -0.05) is 13.3 Å². The van der Waals surface area contributed by atoms with Crippen molar-refractivity contribution in [3.8, 4) is 11.8 Å². The minimum absolute atomic E-state index is 0.121. The quantitative estimate of drug-likeness (QED) is 0.375. The molecular formula is C15H25N3O4S. The third-order valence-electron chi connectivity index (χ3n) is 3.37. The molecule has 0 aromatic carbocycles. The molecule has 0 fully saturated rings. The Labute approximate surface area is 140 Å². The lowest BCUT2D eigenvalue weighted by molar-refractivity contribution is -0.121. The molecule has 23 heavy (non-hydrogen) atoms. The fourth-order valence-corrected chi connectivity index (χ4v) is 2.85. The van der Waals surface area contributed by atoms with E-state index in [0.29, 0.717) is 17.2 Å². The summed E-state index contributed by atoms with van der Waals surface area (Å²) in [5.41, 5.74) is 5.64. The van der Waals surface area contributed by atoms with Gasteiger partial charge in [0.2, 0.25) is 11.8 Å². The van der Waals surface area contributed by atoms with Crippen LogP contribution in [-0.4, -0.2) is 44.8 Å². The highest BCUT2D eigenvalue weighted by Crippen LogP contribution is 2.35. The average Bonchev–Trinajstić information content (AvgIpc) is 2.77.